The zero-order chi connectivity index (χ0) is 26.5. The van der Waals surface area contributed by atoms with E-state index in [9.17, 15) is 9.59 Å². The fraction of sp³-hybridized carbons (Fsp3) is 0.300. The van der Waals surface area contributed by atoms with E-state index in [1.807, 2.05) is 37.3 Å². The molecule has 0 N–H and O–H groups in total. The molecule has 0 amide bonds. The smallest absolute Gasteiger partial charge is 0.324 e. The minimum atomic E-state index is -1.16. The number of carbonyl (C=O) groups excluding carboxylic acids is 2. The molecule has 0 radical (unpaired) electrons. The number of carbonyl (C=O) groups is 2. The standard InChI is InChI=1S/C30H33NO6/c1-4-27(24-17-15-23(16-18-24)22-11-8-7-9-12-22)31-37-20-19-36-26-14-10-13-25(21-26)28(29(32)34-5-2)30(33)35-6-3/h7-18,21,28H,4-6,19-20H2,1-3H3. The maximum Gasteiger partial charge on any atom is 0.324 e. The van der Waals surface area contributed by atoms with Gasteiger partial charge in [0.15, 0.2) is 12.5 Å². The SMILES string of the molecule is CCOC(=O)C(C(=O)OCC)c1cccc(OCCON=C(CC)c2ccc(-c3ccccc3)cc2)c1. The second-order valence-corrected chi connectivity index (χ2v) is 8.03. The molecule has 0 spiro atoms. The van der Waals surface area contributed by atoms with Gasteiger partial charge in [-0.1, -0.05) is 78.8 Å². The van der Waals surface area contributed by atoms with Gasteiger partial charge in [-0.05, 0) is 54.7 Å². The number of nitrogens with zero attached hydrogens (tertiary/aromatic N) is 1. The highest BCUT2D eigenvalue weighted by molar-refractivity contribution is 6.01. The van der Waals surface area contributed by atoms with Crippen molar-refractivity contribution in [1.82, 2.24) is 0 Å². The second kappa shape index (κ2) is 14.4. The van der Waals surface area contributed by atoms with E-state index >= 15 is 0 Å². The Labute approximate surface area is 218 Å². The summed E-state index contributed by atoms with van der Waals surface area (Å²) in [5, 5.41) is 4.29. The first-order valence-corrected chi connectivity index (χ1v) is 12.5. The molecule has 0 atom stereocenters. The van der Waals surface area contributed by atoms with Gasteiger partial charge in [0.25, 0.3) is 0 Å². The number of esters is 2. The van der Waals surface area contributed by atoms with E-state index in [4.69, 9.17) is 19.0 Å². The molecule has 3 rings (SSSR count). The average molecular weight is 504 g/mol. The van der Waals surface area contributed by atoms with Gasteiger partial charge >= 0.3 is 11.9 Å². The second-order valence-electron chi connectivity index (χ2n) is 8.03. The molecule has 37 heavy (non-hydrogen) atoms. The van der Waals surface area contributed by atoms with E-state index in [1.54, 1.807) is 38.1 Å². The maximum absolute atomic E-state index is 12.4. The summed E-state index contributed by atoms with van der Waals surface area (Å²) in [6.45, 7) is 6.20. The first kappa shape index (κ1) is 27.5. The third-order valence-electron chi connectivity index (χ3n) is 5.51. The van der Waals surface area contributed by atoms with Crippen LogP contribution in [0, 0.1) is 0 Å². The van der Waals surface area contributed by atoms with E-state index in [2.05, 4.69) is 29.4 Å². The number of hydrogen-bond acceptors (Lipinski definition) is 7. The fourth-order valence-corrected chi connectivity index (χ4v) is 3.73. The summed E-state index contributed by atoms with van der Waals surface area (Å²) in [6, 6.07) is 25.2. The van der Waals surface area contributed by atoms with Crippen molar-refractivity contribution in [3.63, 3.8) is 0 Å². The number of benzene rings is 3. The summed E-state index contributed by atoms with van der Waals surface area (Å²) in [5.74, 6) is -1.97. The van der Waals surface area contributed by atoms with Gasteiger partial charge in [-0.25, -0.2) is 0 Å². The minimum Gasteiger partial charge on any atom is -0.490 e. The van der Waals surface area contributed by atoms with Gasteiger partial charge in [0.1, 0.15) is 12.4 Å². The van der Waals surface area contributed by atoms with E-state index in [1.165, 1.54) is 0 Å². The maximum atomic E-state index is 12.4. The molecule has 0 aromatic heterocycles. The third kappa shape index (κ3) is 7.93. The van der Waals surface area contributed by atoms with Crippen molar-refractivity contribution in [2.45, 2.75) is 33.1 Å². The minimum absolute atomic E-state index is 0.166. The summed E-state index contributed by atoms with van der Waals surface area (Å²) in [4.78, 5) is 30.3. The van der Waals surface area contributed by atoms with Crippen LogP contribution in [-0.2, 0) is 23.9 Å². The normalized spacial score (nSPS) is 11.2. The van der Waals surface area contributed by atoms with Gasteiger partial charge in [-0.15, -0.1) is 0 Å². The van der Waals surface area contributed by atoms with E-state index in [0.29, 0.717) is 11.3 Å². The van der Waals surface area contributed by atoms with Crippen LogP contribution < -0.4 is 4.74 Å². The molecule has 3 aromatic rings. The molecule has 7 heteroatoms. The van der Waals surface area contributed by atoms with Crippen molar-refractivity contribution in [3.8, 4) is 16.9 Å². The quantitative estimate of drug-likeness (QED) is 0.0968. The van der Waals surface area contributed by atoms with Crippen molar-refractivity contribution in [1.29, 1.82) is 0 Å². The summed E-state index contributed by atoms with van der Waals surface area (Å²) < 4.78 is 15.9. The fourth-order valence-electron chi connectivity index (χ4n) is 3.73. The zero-order valence-electron chi connectivity index (χ0n) is 21.5. The molecular weight excluding hydrogens is 470 g/mol. The predicted molar refractivity (Wildman–Crippen MR) is 143 cm³/mol. The summed E-state index contributed by atoms with van der Waals surface area (Å²) in [7, 11) is 0. The lowest BCUT2D eigenvalue weighted by molar-refractivity contribution is -0.156. The van der Waals surface area contributed by atoms with Crippen LogP contribution in [0.4, 0.5) is 0 Å². The van der Waals surface area contributed by atoms with Crippen molar-refractivity contribution < 1.29 is 28.6 Å². The van der Waals surface area contributed by atoms with Crippen molar-refractivity contribution >= 4 is 17.7 Å². The molecule has 0 fully saturated rings. The molecule has 0 aliphatic carbocycles. The van der Waals surface area contributed by atoms with Crippen LogP contribution in [0.3, 0.4) is 0 Å². The van der Waals surface area contributed by atoms with Crippen LogP contribution >= 0.6 is 0 Å². The zero-order valence-corrected chi connectivity index (χ0v) is 21.5. The summed E-state index contributed by atoms with van der Waals surface area (Å²) in [5.41, 5.74) is 4.59. The molecule has 0 bridgehead atoms. The Morgan fingerprint density at radius 3 is 2.03 bits per heavy atom. The lowest BCUT2D eigenvalue weighted by Gasteiger charge is -2.15. The van der Waals surface area contributed by atoms with Gasteiger partial charge in [0, 0.05) is 0 Å². The first-order chi connectivity index (χ1) is 18.1. The Morgan fingerprint density at radius 1 is 0.757 bits per heavy atom. The highest BCUT2D eigenvalue weighted by Crippen LogP contribution is 2.24. The monoisotopic (exact) mass is 503 g/mol. The molecule has 3 aromatic carbocycles. The lowest BCUT2D eigenvalue weighted by atomic mass is 9.99. The van der Waals surface area contributed by atoms with Crippen LogP contribution in [-0.4, -0.2) is 44.1 Å². The summed E-state index contributed by atoms with van der Waals surface area (Å²) >= 11 is 0. The molecule has 194 valence electrons. The van der Waals surface area contributed by atoms with Crippen LogP contribution in [0.15, 0.2) is 84.0 Å². The Morgan fingerprint density at radius 2 is 1.41 bits per heavy atom. The van der Waals surface area contributed by atoms with Crippen LogP contribution in [0.25, 0.3) is 11.1 Å². The van der Waals surface area contributed by atoms with Crippen molar-refractivity contribution in [2.24, 2.45) is 5.16 Å². The number of oxime groups is 1. The van der Waals surface area contributed by atoms with Gasteiger partial charge in [0.2, 0.25) is 0 Å². The Hall–Kier alpha value is -4.13. The first-order valence-electron chi connectivity index (χ1n) is 12.5. The molecule has 0 saturated carbocycles. The average Bonchev–Trinajstić information content (AvgIpc) is 2.92. The summed E-state index contributed by atoms with van der Waals surface area (Å²) in [6.07, 6.45) is 0.719. The molecule has 0 aliphatic rings. The lowest BCUT2D eigenvalue weighted by Crippen LogP contribution is -2.26. The van der Waals surface area contributed by atoms with Crippen molar-refractivity contribution in [2.75, 3.05) is 26.4 Å². The van der Waals surface area contributed by atoms with Crippen molar-refractivity contribution in [3.05, 3.63) is 90.0 Å². The molecule has 7 nitrogen and oxygen atoms in total. The topological polar surface area (TPSA) is 83.4 Å². The van der Waals surface area contributed by atoms with Crippen LogP contribution in [0.5, 0.6) is 5.75 Å². The Bertz CT molecular complexity index is 1160. The molecule has 0 saturated heterocycles. The van der Waals surface area contributed by atoms with E-state index in [0.717, 1.165) is 28.8 Å². The molecule has 0 aliphatic heterocycles. The van der Waals surface area contributed by atoms with Crippen LogP contribution in [0.1, 0.15) is 44.2 Å². The van der Waals surface area contributed by atoms with E-state index in [-0.39, 0.29) is 26.4 Å². The highest BCUT2D eigenvalue weighted by atomic mass is 16.6. The molecule has 0 heterocycles. The highest BCUT2D eigenvalue weighted by Gasteiger charge is 2.31. The van der Waals surface area contributed by atoms with E-state index < -0.39 is 17.9 Å². The molecular formula is C30H33NO6. The van der Waals surface area contributed by atoms with Crippen LogP contribution in [0.2, 0.25) is 0 Å². The predicted octanol–water partition coefficient (Wildman–Crippen LogP) is 5.77. The Balaban J connectivity index is 1.57. The van der Waals surface area contributed by atoms with Gasteiger partial charge in [-0.3, -0.25) is 9.59 Å². The Kier molecular flexibility index (Phi) is 10.7. The third-order valence-corrected chi connectivity index (χ3v) is 5.51. The largest absolute Gasteiger partial charge is 0.490 e. The number of ether oxygens (including phenoxy) is 3. The van der Waals surface area contributed by atoms with Gasteiger partial charge in [0.05, 0.1) is 18.9 Å². The van der Waals surface area contributed by atoms with Gasteiger partial charge in [-0.2, -0.15) is 0 Å². The molecule has 0 unspecified atom stereocenters. The number of hydrogen-bond donors (Lipinski definition) is 0. The number of rotatable bonds is 13. The van der Waals surface area contributed by atoms with Gasteiger partial charge < -0.3 is 19.0 Å².